The molecule has 51 heteroatoms. The average Bonchev–Trinajstić information content (AvgIpc) is 0.750. The fourth-order valence-corrected chi connectivity index (χ4v) is 14.0. The van der Waals surface area contributed by atoms with Gasteiger partial charge in [-0.05, 0) is 91.0 Å². The smallest absolute Gasteiger partial charge is 0.297 e. The number of nitro benzene ring substituents is 1. The summed E-state index contributed by atoms with van der Waals surface area (Å²) < 4.78 is 233. The van der Waals surface area contributed by atoms with Gasteiger partial charge in [0.2, 0.25) is 0 Å². The van der Waals surface area contributed by atoms with E-state index in [0.717, 1.165) is 54.6 Å². The van der Waals surface area contributed by atoms with Crippen LogP contribution in [0.15, 0.2) is 165 Å². The number of hydrogen-bond acceptors (Lipinski definition) is 38. The quantitative estimate of drug-likeness (QED) is 0.00317. The third-order valence-corrected chi connectivity index (χ3v) is 19.7. The predicted molar refractivity (Wildman–Crippen MR) is 328 cm³/mol. The van der Waals surface area contributed by atoms with E-state index < -0.39 is 178 Å². The Hall–Kier alpha value is -8.31. The van der Waals surface area contributed by atoms with E-state index in [1.165, 1.54) is 6.92 Å². The number of ether oxygens (including phenoxy) is 1. The number of benzene rings is 8. The van der Waals surface area contributed by atoms with Crippen molar-refractivity contribution >= 4 is 186 Å². The number of nitrogen functional groups attached to an aromatic ring is 1. The van der Waals surface area contributed by atoms with Crippen molar-refractivity contribution in [1.82, 2.24) is 0 Å². The molecule has 0 amide bonds. The Morgan fingerprint density at radius 3 is 1.65 bits per heavy atom. The minimum absolute atomic E-state index is 0.0460. The summed E-state index contributed by atoms with van der Waals surface area (Å²) in [5.41, 5.74) is -0.953. The second kappa shape index (κ2) is 29.4. The number of hydrogen-bond donors (Lipinski definition) is 12. The number of fused-ring (bicyclic) bond motifs is 3. The van der Waals surface area contributed by atoms with Crippen LogP contribution in [0.2, 0.25) is 0 Å². The second-order valence-electron chi connectivity index (χ2n) is 18.6. The largest absolute Gasteiger partial charge is 0.505 e. The molecule has 8 aromatic rings. The molecule has 0 atom stereocenters. The Bertz CT molecular complexity index is 5410. The first kappa shape index (κ1) is 74.5. The van der Waals surface area contributed by atoms with Crippen LogP contribution in [-0.4, -0.2) is 121 Å². The van der Waals surface area contributed by atoms with E-state index in [2.05, 4.69) is 69.0 Å². The number of anilines is 1. The van der Waals surface area contributed by atoms with Crippen LogP contribution in [0.1, 0.15) is 12.0 Å². The van der Waals surface area contributed by atoms with E-state index in [0.29, 0.717) is 42.4 Å². The van der Waals surface area contributed by atoms with Gasteiger partial charge < -0.3 is 20.7 Å². The van der Waals surface area contributed by atoms with E-state index in [1.54, 1.807) is 0 Å². The fraction of sp³-hybridized carbons (Fsp3) is 0.0870. The van der Waals surface area contributed by atoms with Crippen molar-refractivity contribution in [2.24, 2.45) is 40.9 Å². The molecule has 0 radical (unpaired) electrons. The molecule has 0 aliphatic rings. The SMILES string of the molecule is Cc1cc(N=Nc2c(S(=O)(=O)O)cc3c(S(=O)(=O)O)c(N=Nc4cc(S(=O)(=O)O)c5cc(SOOO)c(N=Nc6ccc([N+](=O)[O-])cc6S(=O)(=O)O)c(O)c5c4N)ccc3c2O)c(OCCCSOOO)cc1N=Nc1cc(S(=O)(=O)O)cc2cc(S(=O)(=O)O)cc(SOOO)c12. The highest BCUT2D eigenvalue weighted by molar-refractivity contribution is 7.95. The minimum Gasteiger partial charge on any atom is -0.505 e. The van der Waals surface area contributed by atoms with Gasteiger partial charge in [0.05, 0.1) is 77.6 Å². The van der Waals surface area contributed by atoms with Crippen LogP contribution >= 0.6 is 36.1 Å². The van der Waals surface area contributed by atoms with Crippen LogP contribution in [0.4, 0.5) is 56.9 Å². The normalized spacial score (nSPS) is 13.1. The van der Waals surface area contributed by atoms with Crippen molar-refractivity contribution in [2.75, 3.05) is 18.1 Å². The van der Waals surface area contributed by atoms with Gasteiger partial charge in [-0.25, -0.2) is 15.8 Å². The molecule has 0 saturated carbocycles. The van der Waals surface area contributed by atoms with Gasteiger partial charge in [-0.1, -0.05) is 15.1 Å². The van der Waals surface area contributed by atoms with Crippen LogP contribution in [0.3, 0.4) is 0 Å². The molecule has 42 nitrogen and oxygen atoms in total. The zero-order chi connectivity index (χ0) is 71.5. The minimum atomic E-state index is -5.75. The van der Waals surface area contributed by atoms with Crippen molar-refractivity contribution in [3.63, 3.8) is 0 Å². The summed E-state index contributed by atoms with van der Waals surface area (Å²) in [7, 11) is -32.4. The Balaban J connectivity index is 1.26. The van der Waals surface area contributed by atoms with E-state index in [-0.39, 0.29) is 81.2 Å². The maximum Gasteiger partial charge on any atom is 0.297 e. The number of nitrogens with two attached hydrogens (primary N) is 1. The third kappa shape index (κ3) is 17.2. The van der Waals surface area contributed by atoms with E-state index in [4.69, 9.17) is 26.2 Å². The Morgan fingerprint density at radius 2 is 1.05 bits per heavy atom. The first-order valence-electron chi connectivity index (χ1n) is 24.8. The number of rotatable bonds is 28. The number of azo groups is 4. The van der Waals surface area contributed by atoms with Gasteiger partial charge in [0.15, 0.2) is 11.5 Å². The van der Waals surface area contributed by atoms with Crippen LogP contribution in [-0.2, 0) is 88.8 Å². The van der Waals surface area contributed by atoms with Crippen molar-refractivity contribution < 1.29 is 142 Å². The highest BCUT2D eigenvalue weighted by atomic mass is 32.2. The molecule has 0 bridgehead atoms. The molecule has 8 rings (SSSR count). The van der Waals surface area contributed by atoms with Gasteiger partial charge in [-0.3, -0.25) is 37.4 Å². The Kier molecular flexibility index (Phi) is 22.6. The van der Waals surface area contributed by atoms with Gasteiger partial charge >= 0.3 is 0 Å². The molecule has 8 aromatic carbocycles. The summed E-state index contributed by atoms with van der Waals surface area (Å²) in [6.07, 6.45) is 0.0890. The number of nitrogens with zero attached hydrogens (tertiary/aromatic N) is 9. The molecule has 516 valence electrons. The lowest BCUT2D eigenvalue weighted by atomic mass is 10.0. The molecule has 0 saturated heterocycles. The molecule has 0 aliphatic heterocycles. The zero-order valence-electron chi connectivity index (χ0n) is 47.0. The van der Waals surface area contributed by atoms with Crippen molar-refractivity contribution in [2.45, 2.75) is 52.5 Å². The maximum absolute atomic E-state index is 13.3. The molecular formula is C46H36N10O32S9. The highest BCUT2D eigenvalue weighted by Gasteiger charge is 2.31. The summed E-state index contributed by atoms with van der Waals surface area (Å²) >= 11 is 0.711. The number of aromatic hydroxyl groups is 2. The fourth-order valence-electron chi connectivity index (χ4n) is 8.58. The monoisotopic (exact) mass is 1530 g/mol. The average molecular weight is 1530 g/mol. The van der Waals surface area contributed by atoms with Gasteiger partial charge in [0.25, 0.3) is 66.4 Å². The number of phenols is 2. The van der Waals surface area contributed by atoms with Crippen LogP contribution in [0.5, 0.6) is 17.2 Å². The molecular weight excluding hydrogens is 1490 g/mol. The van der Waals surface area contributed by atoms with Crippen LogP contribution in [0, 0.1) is 17.0 Å². The number of phenolic OH excluding ortho intramolecular Hbond substituents is 2. The summed E-state index contributed by atoms with van der Waals surface area (Å²) in [4.78, 5) is 2.51. The van der Waals surface area contributed by atoms with E-state index in [9.17, 15) is 98.2 Å². The molecule has 0 fully saturated rings. The second-order valence-corrected chi connectivity index (χ2v) is 29.3. The lowest BCUT2D eigenvalue weighted by molar-refractivity contribution is -0.432. The summed E-state index contributed by atoms with van der Waals surface area (Å²) in [5, 5.41) is 99.0. The zero-order valence-corrected chi connectivity index (χ0v) is 54.3. The first-order chi connectivity index (χ1) is 45.3. The molecule has 0 heterocycles. The molecule has 97 heavy (non-hydrogen) atoms. The van der Waals surface area contributed by atoms with Gasteiger partial charge in [-0.15, -0.1) is 48.8 Å². The lowest BCUT2D eigenvalue weighted by Crippen LogP contribution is -2.03. The third-order valence-electron chi connectivity index (χ3n) is 12.6. The summed E-state index contributed by atoms with van der Waals surface area (Å²) in [6, 6.07) is 10.4. The lowest BCUT2D eigenvalue weighted by Gasteiger charge is -2.15. The molecule has 0 unspecified atom stereocenters. The number of nitro groups is 1. The van der Waals surface area contributed by atoms with E-state index in [1.807, 2.05) is 0 Å². The van der Waals surface area contributed by atoms with Crippen molar-refractivity contribution in [3.05, 3.63) is 101 Å². The van der Waals surface area contributed by atoms with Crippen molar-refractivity contribution in [3.8, 4) is 17.2 Å². The van der Waals surface area contributed by atoms with Gasteiger partial charge in [0, 0.05) is 57.5 Å². The Labute approximate surface area is 553 Å². The van der Waals surface area contributed by atoms with Crippen molar-refractivity contribution in [1.29, 1.82) is 0 Å². The molecule has 13 N–H and O–H groups in total. The molecule has 0 aliphatic carbocycles. The number of non-ortho nitro benzene ring substituents is 1. The highest BCUT2D eigenvalue weighted by Crippen LogP contribution is 2.52. The summed E-state index contributed by atoms with van der Waals surface area (Å²) in [5.74, 6) is -2.78. The Morgan fingerprint density at radius 1 is 0.495 bits per heavy atom. The molecule has 0 aromatic heterocycles. The first-order valence-corrected chi connectivity index (χ1v) is 35.9. The van der Waals surface area contributed by atoms with Crippen LogP contribution < -0.4 is 10.5 Å². The van der Waals surface area contributed by atoms with Gasteiger partial charge in [0.1, 0.15) is 59.5 Å². The van der Waals surface area contributed by atoms with E-state index >= 15 is 0 Å². The maximum atomic E-state index is 13.3. The number of aryl methyl sites for hydroxylation is 1. The van der Waals surface area contributed by atoms with Gasteiger partial charge in [-0.2, -0.15) is 55.6 Å². The standard InChI is InChI=1S/C46H36N10O32S9/c1-19-9-30(33(82-7-2-8-89-86-83-61)17-29(19)50-52-31-13-22(92(64,65)66)10-20-11-23(93(67,68)69)14-34(39(20)31)90-87-84-62)51-55-43-38(96(76,77)78)16-25-24(44(43)57)4-6-28(46(25)97(79,80)81)49-53-32-18-36(94(70,71)72)26-15-35(91-88-85-63)42(45(58)40(26)41(32)47)54-48-27-5-3-21(56(59)60)12-37(27)95(73,74)75/h3-6,9-18,57-58,61-63H,2,7-8,47H2,1H3,(H,64,65,66)(H,67,68,69)(H,70,71,72)(H,73,74,75)(H,76,77,78)(H,79,80,81). The van der Waals surface area contributed by atoms with Crippen LogP contribution in [0.25, 0.3) is 32.3 Å². The topological polar surface area (TPSA) is 660 Å². The summed E-state index contributed by atoms with van der Waals surface area (Å²) in [6.45, 7) is 1.10. The predicted octanol–water partition coefficient (Wildman–Crippen LogP) is 11.2. The molecule has 0 spiro atoms.